The molecule has 3 aromatic rings. The third-order valence-corrected chi connectivity index (χ3v) is 8.03. The van der Waals surface area contributed by atoms with Crippen molar-refractivity contribution in [1.82, 2.24) is 19.3 Å². The number of nitrogens with one attached hydrogen (secondary N) is 1. The monoisotopic (exact) mass is 527 g/mol. The zero-order valence-electron chi connectivity index (χ0n) is 21.6. The van der Waals surface area contributed by atoms with Gasteiger partial charge in [-0.05, 0) is 55.5 Å². The fraction of sp³-hybridized carbons (Fsp3) is 0.500. The number of alkyl halides is 1. The van der Waals surface area contributed by atoms with Crippen molar-refractivity contribution in [3.05, 3.63) is 42.2 Å². The zero-order chi connectivity index (χ0) is 26.3. The van der Waals surface area contributed by atoms with Crippen LogP contribution in [0.1, 0.15) is 38.7 Å². The SMILES string of the molecule is CC(C)c1ccc(N2CC(N(C)[SH]=O)C2)c2cnc(Nc3ccnc(N4CC[C@@H](O)[C@](C)(F)C4)n3)cc12. The zero-order valence-corrected chi connectivity index (χ0v) is 22.5. The minimum Gasteiger partial charge on any atom is -0.390 e. The molecule has 0 aliphatic carbocycles. The molecule has 198 valence electrons. The first kappa shape index (κ1) is 25.7. The van der Waals surface area contributed by atoms with Crippen LogP contribution in [0.2, 0.25) is 0 Å². The van der Waals surface area contributed by atoms with E-state index in [0.29, 0.717) is 36.5 Å². The topological polar surface area (TPSA) is 97.7 Å². The molecule has 2 N–H and O–H groups in total. The van der Waals surface area contributed by atoms with E-state index in [0.717, 1.165) is 29.5 Å². The van der Waals surface area contributed by atoms with Crippen molar-refractivity contribution in [3.8, 4) is 0 Å². The van der Waals surface area contributed by atoms with Gasteiger partial charge in [-0.15, -0.1) is 0 Å². The predicted octanol–water partition coefficient (Wildman–Crippen LogP) is 3.17. The number of rotatable bonds is 7. The van der Waals surface area contributed by atoms with Crippen LogP contribution >= 0.6 is 0 Å². The number of benzene rings is 1. The van der Waals surface area contributed by atoms with E-state index in [9.17, 15) is 13.7 Å². The Morgan fingerprint density at radius 1 is 1.19 bits per heavy atom. The molecule has 0 amide bonds. The summed E-state index contributed by atoms with van der Waals surface area (Å²) in [5, 5.41) is 15.4. The summed E-state index contributed by atoms with van der Waals surface area (Å²) in [6.45, 7) is 7.92. The molecule has 0 spiro atoms. The number of hydrogen-bond acceptors (Lipinski definition) is 8. The highest BCUT2D eigenvalue weighted by Crippen LogP contribution is 2.36. The van der Waals surface area contributed by atoms with Crippen molar-refractivity contribution in [3.63, 3.8) is 0 Å². The van der Waals surface area contributed by atoms with Gasteiger partial charge in [0, 0.05) is 43.1 Å². The van der Waals surface area contributed by atoms with Gasteiger partial charge in [-0.1, -0.05) is 19.9 Å². The smallest absolute Gasteiger partial charge is 0.227 e. The number of anilines is 4. The molecule has 2 aliphatic rings. The third kappa shape index (κ3) is 5.12. The lowest BCUT2D eigenvalue weighted by molar-refractivity contribution is -0.00860. The average molecular weight is 528 g/mol. The van der Waals surface area contributed by atoms with E-state index in [-0.39, 0.29) is 24.4 Å². The highest BCUT2D eigenvalue weighted by Gasteiger charge is 2.39. The fourth-order valence-electron chi connectivity index (χ4n) is 5.06. The number of nitrogens with zero attached hydrogens (tertiary/aromatic N) is 6. The molecule has 2 fully saturated rings. The van der Waals surface area contributed by atoms with Crippen LogP contribution in [-0.4, -0.2) is 79.6 Å². The fourth-order valence-corrected chi connectivity index (χ4v) is 5.34. The summed E-state index contributed by atoms with van der Waals surface area (Å²) < 4.78 is 27.7. The molecule has 0 bridgehead atoms. The Labute approximate surface area is 220 Å². The van der Waals surface area contributed by atoms with E-state index in [1.807, 2.05) is 23.6 Å². The third-order valence-electron chi connectivity index (χ3n) is 7.44. The maximum absolute atomic E-state index is 14.7. The van der Waals surface area contributed by atoms with Crippen molar-refractivity contribution in [2.75, 3.05) is 48.3 Å². The van der Waals surface area contributed by atoms with E-state index in [1.54, 1.807) is 17.2 Å². The number of aliphatic hydroxyl groups is 1. The number of likely N-dealkylation sites (N-methyl/N-ethyl adjacent to an activating group) is 1. The van der Waals surface area contributed by atoms with Gasteiger partial charge in [0.05, 0.1) is 30.5 Å². The van der Waals surface area contributed by atoms with E-state index < -0.39 is 11.8 Å². The first-order valence-electron chi connectivity index (χ1n) is 12.6. The first-order chi connectivity index (χ1) is 17.7. The van der Waals surface area contributed by atoms with Crippen LogP contribution in [0.5, 0.6) is 0 Å². The molecule has 0 unspecified atom stereocenters. The number of aliphatic hydroxyl groups excluding tert-OH is 1. The maximum Gasteiger partial charge on any atom is 0.227 e. The number of hydrogen-bond donors (Lipinski definition) is 3. The van der Waals surface area contributed by atoms with Crippen molar-refractivity contribution in [2.24, 2.45) is 0 Å². The van der Waals surface area contributed by atoms with E-state index in [2.05, 4.69) is 51.1 Å². The van der Waals surface area contributed by atoms with Crippen molar-refractivity contribution >= 4 is 45.9 Å². The molecule has 2 aromatic heterocycles. The summed E-state index contributed by atoms with van der Waals surface area (Å²) >= 11 is 0.0440. The van der Waals surface area contributed by atoms with Crippen LogP contribution in [0, 0.1) is 0 Å². The van der Waals surface area contributed by atoms with Crippen LogP contribution in [0.15, 0.2) is 36.7 Å². The van der Waals surface area contributed by atoms with E-state index in [1.165, 1.54) is 12.5 Å². The molecule has 2 aliphatic heterocycles. The summed E-state index contributed by atoms with van der Waals surface area (Å²) in [6.07, 6.45) is 2.87. The van der Waals surface area contributed by atoms with Crippen LogP contribution < -0.4 is 15.1 Å². The van der Waals surface area contributed by atoms with Gasteiger partial charge in [0.2, 0.25) is 5.95 Å². The van der Waals surface area contributed by atoms with Crippen LogP contribution in [0.4, 0.5) is 27.7 Å². The molecular formula is C26H34FN7O2S. The van der Waals surface area contributed by atoms with Gasteiger partial charge < -0.3 is 20.2 Å². The number of aromatic nitrogens is 3. The Bertz CT molecular complexity index is 1300. The molecule has 0 radical (unpaired) electrons. The summed E-state index contributed by atoms with van der Waals surface area (Å²) in [6, 6.07) is 8.40. The Morgan fingerprint density at radius 2 is 1.97 bits per heavy atom. The lowest BCUT2D eigenvalue weighted by atomic mass is 9.94. The molecule has 4 heterocycles. The lowest BCUT2D eigenvalue weighted by Gasteiger charge is -2.44. The molecule has 9 nitrogen and oxygen atoms in total. The summed E-state index contributed by atoms with van der Waals surface area (Å²) in [5.74, 6) is 1.97. The van der Waals surface area contributed by atoms with E-state index in [4.69, 9.17) is 0 Å². The Morgan fingerprint density at radius 3 is 2.68 bits per heavy atom. The van der Waals surface area contributed by atoms with E-state index >= 15 is 0 Å². The average Bonchev–Trinajstić information content (AvgIpc) is 2.84. The largest absolute Gasteiger partial charge is 0.390 e. The Balaban J connectivity index is 1.40. The molecule has 1 aromatic carbocycles. The highest BCUT2D eigenvalue weighted by atomic mass is 32.2. The van der Waals surface area contributed by atoms with Crippen molar-refractivity contribution < 1.29 is 13.7 Å². The van der Waals surface area contributed by atoms with Gasteiger partial charge in [-0.25, -0.2) is 22.9 Å². The Hall–Kier alpha value is -2.89. The normalized spacial score (nSPS) is 22.6. The molecule has 37 heavy (non-hydrogen) atoms. The van der Waals surface area contributed by atoms with Gasteiger partial charge >= 0.3 is 0 Å². The second kappa shape index (κ2) is 10.1. The van der Waals surface area contributed by atoms with Crippen molar-refractivity contribution in [1.29, 1.82) is 0 Å². The van der Waals surface area contributed by atoms with Gasteiger partial charge in [0.25, 0.3) is 0 Å². The summed E-state index contributed by atoms with van der Waals surface area (Å²) in [4.78, 5) is 17.7. The molecule has 0 saturated carbocycles. The predicted molar refractivity (Wildman–Crippen MR) is 147 cm³/mol. The number of pyridine rings is 1. The lowest BCUT2D eigenvalue weighted by Crippen LogP contribution is -2.57. The number of thiol groups is 1. The Kier molecular flexibility index (Phi) is 7.03. The van der Waals surface area contributed by atoms with Crippen LogP contribution in [-0.2, 0) is 11.9 Å². The minimum atomic E-state index is -1.71. The van der Waals surface area contributed by atoms with Gasteiger partial charge in [0.15, 0.2) is 5.67 Å². The number of halogens is 1. The quantitative estimate of drug-likeness (QED) is 0.403. The van der Waals surface area contributed by atoms with Gasteiger partial charge in [0.1, 0.15) is 11.6 Å². The molecule has 2 saturated heterocycles. The van der Waals surface area contributed by atoms with Gasteiger partial charge in [-0.3, -0.25) is 0 Å². The second-order valence-electron chi connectivity index (χ2n) is 10.5. The molecule has 5 rings (SSSR count). The maximum atomic E-state index is 14.7. The molecule has 2 atom stereocenters. The standard InChI is InChI=1S/C26H34FN7O2S/c1-16(2)18-5-6-21(34-13-17(14-34)32(4)37-36)20-12-29-24(11-19(18)20)30-23-7-9-28-25(31-23)33-10-8-22(35)26(3,27)15-33/h5-7,9,11-12,16-17,22,35,37H,8,10,13-15H2,1-4H3,(H,28,29,30,31)/t22-,26-/m1/s1. The van der Waals surface area contributed by atoms with Gasteiger partial charge in [-0.2, -0.15) is 4.98 Å². The highest BCUT2D eigenvalue weighted by molar-refractivity contribution is 7.63. The van der Waals surface area contributed by atoms with Crippen LogP contribution in [0.3, 0.4) is 0 Å². The second-order valence-corrected chi connectivity index (χ2v) is 11.3. The van der Waals surface area contributed by atoms with Crippen LogP contribution in [0.25, 0.3) is 10.8 Å². The number of fused-ring (bicyclic) bond motifs is 1. The molecule has 11 heteroatoms. The number of piperidine rings is 1. The summed E-state index contributed by atoms with van der Waals surface area (Å²) in [5.41, 5.74) is 0.640. The molecular weight excluding hydrogens is 493 g/mol. The van der Waals surface area contributed by atoms with Crippen molar-refractivity contribution in [2.45, 2.75) is 50.9 Å². The first-order valence-corrected chi connectivity index (χ1v) is 13.4. The minimum absolute atomic E-state index is 0.0356. The summed E-state index contributed by atoms with van der Waals surface area (Å²) in [7, 11) is 1.86.